The van der Waals surface area contributed by atoms with Gasteiger partial charge in [0.25, 0.3) is 10.0 Å². The Morgan fingerprint density at radius 1 is 1.26 bits per heavy atom. The molecule has 0 aliphatic carbocycles. The van der Waals surface area contributed by atoms with E-state index in [1.54, 1.807) is 19.1 Å². The zero-order chi connectivity index (χ0) is 13.5. The lowest BCUT2D eigenvalue weighted by molar-refractivity contribution is 0.600. The molecular weight excluding hydrogens is 264 g/mol. The number of aromatic amines is 2. The second kappa shape index (κ2) is 4.13. The molecule has 0 aliphatic rings. The second-order valence-electron chi connectivity index (χ2n) is 4.24. The summed E-state index contributed by atoms with van der Waals surface area (Å²) in [7, 11) is -3.61. The first-order chi connectivity index (χ1) is 9.06. The summed E-state index contributed by atoms with van der Waals surface area (Å²) in [5.41, 5.74) is 1.99. The van der Waals surface area contributed by atoms with Gasteiger partial charge in [0.05, 0.1) is 11.9 Å². The van der Waals surface area contributed by atoms with Crippen molar-refractivity contribution in [3.8, 4) is 0 Å². The van der Waals surface area contributed by atoms with Crippen molar-refractivity contribution in [3.05, 3.63) is 42.4 Å². The van der Waals surface area contributed by atoms with Crippen LogP contribution in [0.1, 0.15) is 5.69 Å². The summed E-state index contributed by atoms with van der Waals surface area (Å²) in [5, 5.41) is 7.28. The summed E-state index contributed by atoms with van der Waals surface area (Å²) < 4.78 is 26.9. The Hall–Kier alpha value is -2.28. The lowest BCUT2D eigenvalue weighted by Gasteiger charge is -2.07. The highest BCUT2D eigenvalue weighted by atomic mass is 32.2. The van der Waals surface area contributed by atoms with Crippen molar-refractivity contribution in [1.82, 2.24) is 15.2 Å². The van der Waals surface area contributed by atoms with Gasteiger partial charge in [-0.15, -0.1) is 0 Å². The first kappa shape index (κ1) is 11.8. The highest BCUT2D eigenvalue weighted by Gasteiger charge is 2.18. The maximum absolute atomic E-state index is 12.2. The van der Waals surface area contributed by atoms with Crippen LogP contribution in [0.3, 0.4) is 0 Å². The molecule has 2 aromatic heterocycles. The minimum absolute atomic E-state index is 0.154. The lowest BCUT2D eigenvalue weighted by Crippen LogP contribution is -2.13. The van der Waals surface area contributed by atoms with Gasteiger partial charge in [0.1, 0.15) is 4.90 Å². The summed E-state index contributed by atoms with van der Waals surface area (Å²) >= 11 is 0. The van der Waals surface area contributed by atoms with Crippen LogP contribution in [0.4, 0.5) is 5.69 Å². The smallest absolute Gasteiger partial charge is 0.265 e. The highest BCUT2D eigenvalue weighted by Crippen LogP contribution is 2.21. The molecule has 0 radical (unpaired) electrons. The number of hydrogen-bond donors (Lipinski definition) is 3. The van der Waals surface area contributed by atoms with Crippen molar-refractivity contribution in [3.63, 3.8) is 0 Å². The molecule has 7 heteroatoms. The van der Waals surface area contributed by atoms with E-state index in [0.717, 1.165) is 10.9 Å². The van der Waals surface area contributed by atoms with Gasteiger partial charge in [0.15, 0.2) is 0 Å². The SMILES string of the molecule is Cc1[nH]ncc1S(=O)(=O)Nc1ccc2[nH]ccc2c1. The molecule has 0 aliphatic heterocycles. The number of sulfonamides is 1. The van der Waals surface area contributed by atoms with Gasteiger partial charge in [-0.1, -0.05) is 0 Å². The Labute approximate surface area is 109 Å². The number of nitrogens with zero attached hydrogens (tertiary/aromatic N) is 1. The summed E-state index contributed by atoms with van der Waals surface area (Å²) in [6, 6.07) is 7.20. The van der Waals surface area contributed by atoms with Gasteiger partial charge in [0, 0.05) is 22.8 Å². The summed E-state index contributed by atoms with van der Waals surface area (Å²) in [6.45, 7) is 1.66. The van der Waals surface area contributed by atoms with Gasteiger partial charge < -0.3 is 4.98 Å². The average Bonchev–Trinajstić information content (AvgIpc) is 2.96. The molecule has 0 atom stereocenters. The standard InChI is InChI=1S/C12H12N4O2S/c1-8-12(7-14-15-8)19(17,18)16-10-2-3-11-9(6-10)4-5-13-11/h2-7,13,16H,1H3,(H,14,15). The third-order valence-corrected chi connectivity index (χ3v) is 4.37. The van der Waals surface area contributed by atoms with Crippen molar-refractivity contribution in [1.29, 1.82) is 0 Å². The third kappa shape index (κ3) is 2.08. The van der Waals surface area contributed by atoms with E-state index in [9.17, 15) is 8.42 Å². The molecule has 0 saturated carbocycles. The molecular formula is C12H12N4O2S. The van der Waals surface area contributed by atoms with Crippen molar-refractivity contribution in [2.75, 3.05) is 4.72 Å². The van der Waals surface area contributed by atoms with E-state index in [2.05, 4.69) is 19.9 Å². The minimum Gasteiger partial charge on any atom is -0.361 e. The van der Waals surface area contributed by atoms with Crippen LogP contribution in [-0.2, 0) is 10.0 Å². The van der Waals surface area contributed by atoms with Crippen molar-refractivity contribution < 1.29 is 8.42 Å². The van der Waals surface area contributed by atoms with E-state index in [4.69, 9.17) is 0 Å². The molecule has 1 aromatic carbocycles. The monoisotopic (exact) mass is 276 g/mol. The van der Waals surface area contributed by atoms with Crippen LogP contribution in [0.2, 0.25) is 0 Å². The fourth-order valence-electron chi connectivity index (χ4n) is 1.94. The molecule has 2 heterocycles. The zero-order valence-corrected chi connectivity index (χ0v) is 11.0. The van der Waals surface area contributed by atoms with Gasteiger partial charge in [0.2, 0.25) is 0 Å². The van der Waals surface area contributed by atoms with Crippen LogP contribution in [-0.4, -0.2) is 23.6 Å². The molecule has 0 unspecified atom stereocenters. The van der Waals surface area contributed by atoms with Crippen LogP contribution >= 0.6 is 0 Å². The Balaban J connectivity index is 1.98. The van der Waals surface area contributed by atoms with Crippen molar-refractivity contribution in [2.24, 2.45) is 0 Å². The third-order valence-electron chi connectivity index (χ3n) is 2.88. The summed E-state index contributed by atoms with van der Waals surface area (Å²) in [6.07, 6.45) is 3.11. The number of aryl methyl sites for hydroxylation is 1. The van der Waals surface area contributed by atoms with Gasteiger partial charge in [-0.25, -0.2) is 8.42 Å². The summed E-state index contributed by atoms with van der Waals surface area (Å²) in [4.78, 5) is 3.21. The van der Waals surface area contributed by atoms with E-state index in [1.165, 1.54) is 6.20 Å². The first-order valence-corrected chi connectivity index (χ1v) is 7.14. The van der Waals surface area contributed by atoms with E-state index >= 15 is 0 Å². The predicted octanol–water partition coefficient (Wildman–Crippen LogP) is 2.00. The number of fused-ring (bicyclic) bond motifs is 1. The van der Waals surface area contributed by atoms with E-state index in [1.807, 2.05) is 18.3 Å². The number of anilines is 1. The number of nitrogens with one attached hydrogen (secondary N) is 3. The van der Waals surface area contributed by atoms with Crippen molar-refractivity contribution in [2.45, 2.75) is 11.8 Å². The fourth-order valence-corrected chi connectivity index (χ4v) is 3.12. The molecule has 0 spiro atoms. The van der Waals surface area contributed by atoms with Crippen LogP contribution in [0.15, 0.2) is 41.6 Å². The molecule has 0 fully saturated rings. The molecule has 3 N–H and O–H groups in total. The fraction of sp³-hybridized carbons (Fsp3) is 0.0833. The average molecular weight is 276 g/mol. The minimum atomic E-state index is -3.61. The number of hydrogen-bond acceptors (Lipinski definition) is 3. The topological polar surface area (TPSA) is 90.6 Å². The predicted molar refractivity (Wildman–Crippen MR) is 72.4 cm³/mol. The lowest BCUT2D eigenvalue weighted by atomic mass is 10.2. The van der Waals surface area contributed by atoms with Crippen LogP contribution in [0.25, 0.3) is 10.9 Å². The second-order valence-corrected chi connectivity index (χ2v) is 5.90. The first-order valence-electron chi connectivity index (χ1n) is 5.66. The Bertz CT molecular complexity index is 832. The zero-order valence-electron chi connectivity index (χ0n) is 10.1. The summed E-state index contributed by atoms with van der Waals surface area (Å²) in [5.74, 6) is 0. The molecule has 19 heavy (non-hydrogen) atoms. The van der Waals surface area contributed by atoms with Crippen molar-refractivity contribution >= 4 is 26.6 Å². The Morgan fingerprint density at radius 3 is 2.84 bits per heavy atom. The molecule has 98 valence electrons. The van der Waals surface area contributed by atoms with E-state index in [0.29, 0.717) is 11.4 Å². The Morgan fingerprint density at radius 2 is 2.11 bits per heavy atom. The van der Waals surface area contributed by atoms with Crippen LogP contribution in [0.5, 0.6) is 0 Å². The van der Waals surface area contributed by atoms with Crippen LogP contribution in [0, 0.1) is 6.92 Å². The van der Waals surface area contributed by atoms with Gasteiger partial charge in [-0.05, 0) is 31.2 Å². The number of rotatable bonds is 3. The largest absolute Gasteiger partial charge is 0.361 e. The maximum Gasteiger partial charge on any atom is 0.265 e. The van der Waals surface area contributed by atoms with E-state index < -0.39 is 10.0 Å². The van der Waals surface area contributed by atoms with Crippen LogP contribution < -0.4 is 4.72 Å². The number of aromatic nitrogens is 3. The number of benzene rings is 1. The quantitative estimate of drug-likeness (QED) is 0.683. The number of H-pyrrole nitrogens is 2. The van der Waals surface area contributed by atoms with Gasteiger partial charge >= 0.3 is 0 Å². The maximum atomic E-state index is 12.2. The Kier molecular flexibility index (Phi) is 2.56. The molecule has 0 saturated heterocycles. The van der Waals surface area contributed by atoms with Gasteiger partial charge in [-0.2, -0.15) is 5.10 Å². The molecule has 3 aromatic rings. The molecule has 0 amide bonds. The molecule has 6 nitrogen and oxygen atoms in total. The highest BCUT2D eigenvalue weighted by molar-refractivity contribution is 7.92. The van der Waals surface area contributed by atoms with E-state index in [-0.39, 0.29) is 4.90 Å². The van der Waals surface area contributed by atoms with Gasteiger partial charge in [-0.3, -0.25) is 9.82 Å². The molecule has 3 rings (SSSR count). The molecule has 0 bridgehead atoms. The normalized spacial score (nSPS) is 11.8.